The molecule has 0 amide bonds. The molecule has 0 fully saturated rings. The van der Waals surface area contributed by atoms with E-state index in [4.69, 9.17) is 0 Å². The highest BCUT2D eigenvalue weighted by Crippen LogP contribution is 2.24. The van der Waals surface area contributed by atoms with Crippen LogP contribution >= 0.6 is 0 Å². The number of nitriles is 1. The van der Waals surface area contributed by atoms with Gasteiger partial charge in [-0.3, -0.25) is 0 Å². The lowest BCUT2D eigenvalue weighted by atomic mass is 10.1. The fourth-order valence-electron chi connectivity index (χ4n) is 3.19. The summed E-state index contributed by atoms with van der Waals surface area (Å²) in [6.07, 6.45) is 1.47. The predicted octanol–water partition coefficient (Wildman–Crippen LogP) is 4.63. The van der Waals surface area contributed by atoms with Crippen LogP contribution in [0.1, 0.15) is 5.56 Å². The first-order chi connectivity index (χ1) is 15.2. The summed E-state index contributed by atoms with van der Waals surface area (Å²) in [6, 6.07) is 23.2. The first-order valence-electron chi connectivity index (χ1n) is 9.42. The van der Waals surface area contributed by atoms with E-state index in [1.807, 2.05) is 36.4 Å². The molecule has 31 heavy (non-hydrogen) atoms. The van der Waals surface area contributed by atoms with Crippen molar-refractivity contribution in [3.8, 4) is 23.1 Å². The maximum absolute atomic E-state index is 13.1. The van der Waals surface area contributed by atoms with E-state index in [1.54, 1.807) is 28.9 Å². The van der Waals surface area contributed by atoms with Crippen LogP contribution in [0.15, 0.2) is 79.0 Å². The molecular formula is C23H14FN7. The lowest BCUT2D eigenvalue weighted by molar-refractivity contribution is 0.628. The highest BCUT2D eigenvalue weighted by molar-refractivity contribution is 5.79. The van der Waals surface area contributed by atoms with Crippen LogP contribution in [0.3, 0.4) is 0 Å². The summed E-state index contributed by atoms with van der Waals surface area (Å²) in [5.74, 6) is 1.13. The lowest BCUT2D eigenvalue weighted by Gasteiger charge is -2.10. The number of hydrogen-bond acceptors (Lipinski definition) is 6. The van der Waals surface area contributed by atoms with Gasteiger partial charge in [0.2, 0.25) is 0 Å². The Morgan fingerprint density at radius 3 is 2.52 bits per heavy atom. The Hall–Kier alpha value is -4.64. The number of rotatable bonds is 4. The van der Waals surface area contributed by atoms with Crippen LogP contribution in [0.25, 0.3) is 28.0 Å². The molecule has 0 aliphatic rings. The van der Waals surface area contributed by atoms with Crippen LogP contribution in [0.5, 0.6) is 0 Å². The largest absolute Gasteiger partial charge is 0.322 e. The Morgan fingerprint density at radius 2 is 1.74 bits per heavy atom. The minimum absolute atomic E-state index is 0.311. The van der Waals surface area contributed by atoms with E-state index in [0.29, 0.717) is 28.7 Å². The van der Waals surface area contributed by atoms with E-state index in [1.165, 1.54) is 18.3 Å². The smallest absolute Gasteiger partial charge is 0.156 e. The normalized spacial score (nSPS) is 10.7. The van der Waals surface area contributed by atoms with E-state index in [0.717, 1.165) is 16.5 Å². The zero-order chi connectivity index (χ0) is 21.2. The van der Waals surface area contributed by atoms with Crippen LogP contribution in [-0.4, -0.2) is 25.0 Å². The number of aromatic nitrogens is 5. The molecule has 2 aromatic carbocycles. The first-order valence-corrected chi connectivity index (χ1v) is 9.42. The van der Waals surface area contributed by atoms with Crippen molar-refractivity contribution in [1.82, 2.24) is 25.0 Å². The standard InChI is InChI=1S/C23H14FN7/c24-18-8-5-16(6-9-18)20-10-11-21(30-29-20)28-23-17(13-25)14-26-31(23)22-12-7-15-3-1-2-4-19(15)27-22/h1-12,14H,(H,28,30). The molecular weight excluding hydrogens is 393 g/mol. The number of halogens is 1. The van der Waals surface area contributed by atoms with Gasteiger partial charge in [-0.15, -0.1) is 10.2 Å². The second-order valence-corrected chi connectivity index (χ2v) is 6.73. The van der Waals surface area contributed by atoms with Gasteiger partial charge in [-0.2, -0.15) is 15.0 Å². The summed E-state index contributed by atoms with van der Waals surface area (Å²) in [6.45, 7) is 0. The van der Waals surface area contributed by atoms with E-state index in [2.05, 4.69) is 31.7 Å². The zero-order valence-electron chi connectivity index (χ0n) is 16.1. The molecule has 0 bridgehead atoms. The number of pyridine rings is 1. The molecule has 5 rings (SSSR count). The minimum atomic E-state index is -0.311. The number of fused-ring (bicyclic) bond motifs is 1. The molecule has 3 heterocycles. The van der Waals surface area contributed by atoms with E-state index in [9.17, 15) is 9.65 Å². The maximum Gasteiger partial charge on any atom is 0.156 e. The summed E-state index contributed by atoms with van der Waals surface area (Å²) in [7, 11) is 0. The molecule has 7 nitrogen and oxygen atoms in total. The van der Waals surface area contributed by atoms with Crippen LogP contribution < -0.4 is 5.32 Å². The Kier molecular flexibility index (Phi) is 4.54. The maximum atomic E-state index is 13.1. The molecule has 0 radical (unpaired) electrons. The average molecular weight is 407 g/mol. The van der Waals surface area contributed by atoms with Gasteiger partial charge >= 0.3 is 0 Å². The van der Waals surface area contributed by atoms with Crippen molar-refractivity contribution in [1.29, 1.82) is 5.26 Å². The quantitative estimate of drug-likeness (QED) is 0.467. The van der Waals surface area contributed by atoms with Crippen LogP contribution in [0.2, 0.25) is 0 Å². The van der Waals surface area contributed by atoms with Crippen molar-refractivity contribution in [3.05, 3.63) is 90.4 Å². The summed E-state index contributed by atoms with van der Waals surface area (Å²) >= 11 is 0. The van der Waals surface area contributed by atoms with Gasteiger partial charge < -0.3 is 5.32 Å². The van der Waals surface area contributed by atoms with Crippen molar-refractivity contribution in [2.24, 2.45) is 0 Å². The molecule has 5 aromatic rings. The van der Waals surface area contributed by atoms with Gasteiger partial charge in [0, 0.05) is 10.9 Å². The van der Waals surface area contributed by atoms with E-state index >= 15 is 0 Å². The molecule has 0 unspecified atom stereocenters. The Labute approximate surface area is 176 Å². The molecule has 3 aromatic heterocycles. The number of nitrogens with zero attached hydrogens (tertiary/aromatic N) is 6. The van der Waals surface area contributed by atoms with Crippen LogP contribution in [0.4, 0.5) is 16.0 Å². The third-order valence-electron chi connectivity index (χ3n) is 4.74. The Bertz CT molecular complexity index is 1420. The van der Waals surface area contributed by atoms with Crippen molar-refractivity contribution < 1.29 is 4.39 Å². The lowest BCUT2D eigenvalue weighted by Crippen LogP contribution is -2.06. The van der Waals surface area contributed by atoms with E-state index in [-0.39, 0.29) is 5.82 Å². The molecule has 0 aliphatic carbocycles. The first kappa shape index (κ1) is 18.4. The fraction of sp³-hybridized carbons (Fsp3) is 0. The Morgan fingerprint density at radius 1 is 0.903 bits per heavy atom. The highest BCUT2D eigenvalue weighted by atomic mass is 19.1. The highest BCUT2D eigenvalue weighted by Gasteiger charge is 2.15. The number of hydrogen-bond donors (Lipinski definition) is 1. The molecule has 0 atom stereocenters. The molecule has 148 valence electrons. The third kappa shape index (κ3) is 3.56. The van der Waals surface area contributed by atoms with Gasteiger partial charge in [-0.25, -0.2) is 9.37 Å². The monoisotopic (exact) mass is 407 g/mol. The van der Waals surface area contributed by atoms with Crippen LogP contribution in [0, 0.1) is 17.1 Å². The molecule has 0 saturated heterocycles. The van der Waals surface area contributed by atoms with Gasteiger partial charge in [0.15, 0.2) is 17.5 Å². The average Bonchev–Trinajstić information content (AvgIpc) is 3.22. The summed E-state index contributed by atoms with van der Waals surface area (Å²) in [5.41, 5.74) is 2.53. The third-order valence-corrected chi connectivity index (χ3v) is 4.74. The second kappa shape index (κ2) is 7.65. The van der Waals surface area contributed by atoms with Gasteiger partial charge in [0.25, 0.3) is 0 Å². The van der Waals surface area contributed by atoms with Gasteiger partial charge in [0.1, 0.15) is 17.4 Å². The molecule has 0 spiro atoms. The SMILES string of the molecule is N#Cc1cnn(-c2ccc3ccccc3n2)c1Nc1ccc(-c2ccc(F)cc2)nn1. The topological polar surface area (TPSA) is 92.3 Å². The van der Waals surface area contributed by atoms with Gasteiger partial charge in [0.05, 0.1) is 17.4 Å². The van der Waals surface area contributed by atoms with Gasteiger partial charge in [-0.1, -0.05) is 18.2 Å². The predicted molar refractivity (Wildman–Crippen MR) is 114 cm³/mol. The van der Waals surface area contributed by atoms with Crippen molar-refractivity contribution in [2.75, 3.05) is 5.32 Å². The molecule has 1 N–H and O–H groups in total. The molecule has 0 saturated carbocycles. The van der Waals surface area contributed by atoms with Crippen molar-refractivity contribution >= 4 is 22.5 Å². The Balaban J connectivity index is 1.48. The molecule has 8 heteroatoms. The summed E-state index contributed by atoms with van der Waals surface area (Å²) in [4.78, 5) is 4.64. The fourth-order valence-corrected chi connectivity index (χ4v) is 3.19. The minimum Gasteiger partial charge on any atom is -0.322 e. The summed E-state index contributed by atoms with van der Waals surface area (Å²) < 4.78 is 14.7. The number of anilines is 2. The van der Waals surface area contributed by atoms with Gasteiger partial charge in [-0.05, 0) is 54.6 Å². The zero-order valence-corrected chi connectivity index (χ0v) is 16.1. The summed E-state index contributed by atoms with van der Waals surface area (Å²) in [5, 5.41) is 26.3. The van der Waals surface area contributed by atoms with Crippen LogP contribution in [-0.2, 0) is 0 Å². The van der Waals surface area contributed by atoms with Crippen molar-refractivity contribution in [3.63, 3.8) is 0 Å². The number of nitrogens with one attached hydrogen (secondary N) is 1. The van der Waals surface area contributed by atoms with E-state index < -0.39 is 0 Å². The number of para-hydroxylation sites is 1. The number of benzene rings is 2. The van der Waals surface area contributed by atoms with Crippen molar-refractivity contribution in [2.45, 2.75) is 0 Å². The molecule has 0 aliphatic heterocycles. The second-order valence-electron chi connectivity index (χ2n) is 6.73.